The Bertz CT molecular complexity index is 482. The molecular formula is C13H15ClN2. The van der Waals surface area contributed by atoms with Crippen LogP contribution in [0.3, 0.4) is 0 Å². The Kier molecular flexibility index (Phi) is 4.91. The molecule has 1 aromatic heterocycles. The number of hydrogen-bond donors (Lipinski definition) is 2. The van der Waals surface area contributed by atoms with Gasteiger partial charge in [0.1, 0.15) is 0 Å². The second-order valence-electron chi connectivity index (χ2n) is 3.49. The van der Waals surface area contributed by atoms with Crippen molar-refractivity contribution in [1.82, 2.24) is 10.3 Å². The first kappa shape index (κ1) is 12.6. The predicted octanol–water partition coefficient (Wildman–Crippen LogP) is 2.36. The van der Waals surface area contributed by atoms with Crippen molar-refractivity contribution in [2.75, 3.05) is 13.1 Å². The van der Waals surface area contributed by atoms with Crippen molar-refractivity contribution in [2.24, 2.45) is 0 Å². The van der Waals surface area contributed by atoms with Crippen LogP contribution in [0, 0.1) is 12.3 Å². The number of aromatic amines is 1. The standard InChI is InChI=1S/C13H14N2.ClH/c1-2-8-14-9-7-11-10-15-13-6-4-3-5-12(11)13;/h1,3-6,10,14-15H,7-9H2;1H. The summed E-state index contributed by atoms with van der Waals surface area (Å²) in [6.07, 6.45) is 8.24. The van der Waals surface area contributed by atoms with E-state index in [-0.39, 0.29) is 12.4 Å². The first-order valence-corrected chi connectivity index (χ1v) is 5.11. The van der Waals surface area contributed by atoms with Crippen LogP contribution in [0.5, 0.6) is 0 Å². The molecule has 0 bridgehead atoms. The number of terminal acetylenes is 1. The third kappa shape index (κ3) is 2.79. The summed E-state index contributed by atoms with van der Waals surface area (Å²) < 4.78 is 0. The molecule has 0 radical (unpaired) electrons. The molecule has 0 amide bonds. The van der Waals surface area contributed by atoms with Crippen molar-refractivity contribution >= 4 is 23.3 Å². The summed E-state index contributed by atoms with van der Waals surface area (Å²) in [6.45, 7) is 1.56. The number of para-hydroxylation sites is 1. The lowest BCUT2D eigenvalue weighted by Gasteiger charge is -1.99. The van der Waals surface area contributed by atoms with Crippen molar-refractivity contribution in [3.8, 4) is 12.3 Å². The van der Waals surface area contributed by atoms with Crippen LogP contribution in [-0.2, 0) is 6.42 Å². The van der Waals surface area contributed by atoms with Gasteiger partial charge in [0.2, 0.25) is 0 Å². The van der Waals surface area contributed by atoms with Crippen molar-refractivity contribution in [1.29, 1.82) is 0 Å². The highest BCUT2D eigenvalue weighted by Gasteiger charge is 2.01. The molecule has 2 rings (SSSR count). The van der Waals surface area contributed by atoms with E-state index in [4.69, 9.17) is 6.42 Å². The van der Waals surface area contributed by atoms with Crippen LogP contribution in [0.2, 0.25) is 0 Å². The molecule has 2 N–H and O–H groups in total. The highest BCUT2D eigenvalue weighted by molar-refractivity contribution is 5.85. The molecule has 0 saturated heterocycles. The van der Waals surface area contributed by atoms with E-state index < -0.39 is 0 Å². The zero-order chi connectivity index (χ0) is 10.5. The second-order valence-corrected chi connectivity index (χ2v) is 3.49. The van der Waals surface area contributed by atoms with Gasteiger partial charge in [0.25, 0.3) is 0 Å². The first-order chi connectivity index (χ1) is 7.42. The third-order valence-corrected chi connectivity index (χ3v) is 2.47. The summed E-state index contributed by atoms with van der Waals surface area (Å²) in [4.78, 5) is 3.26. The number of nitrogens with one attached hydrogen (secondary N) is 2. The van der Waals surface area contributed by atoms with E-state index in [1.54, 1.807) is 0 Å². The minimum atomic E-state index is 0. The molecule has 0 fully saturated rings. The SMILES string of the molecule is C#CCNCCc1c[nH]c2ccccc12.Cl. The molecule has 0 aliphatic carbocycles. The van der Waals surface area contributed by atoms with E-state index in [1.165, 1.54) is 16.5 Å². The van der Waals surface area contributed by atoms with Gasteiger partial charge in [-0.3, -0.25) is 0 Å². The summed E-state index contributed by atoms with van der Waals surface area (Å²) >= 11 is 0. The molecule has 1 heterocycles. The summed E-state index contributed by atoms with van der Waals surface area (Å²) in [5.41, 5.74) is 2.54. The Labute approximate surface area is 102 Å². The topological polar surface area (TPSA) is 27.8 Å². The Hall–Kier alpha value is -1.43. The van der Waals surface area contributed by atoms with Gasteiger partial charge in [-0.05, 0) is 18.1 Å². The molecule has 0 aliphatic rings. The number of aromatic nitrogens is 1. The molecule has 3 heteroatoms. The van der Waals surface area contributed by atoms with Crippen LogP contribution in [-0.4, -0.2) is 18.1 Å². The number of halogens is 1. The zero-order valence-electron chi connectivity index (χ0n) is 8.99. The van der Waals surface area contributed by atoms with Gasteiger partial charge in [0.05, 0.1) is 6.54 Å². The van der Waals surface area contributed by atoms with Crippen LogP contribution in [0.15, 0.2) is 30.5 Å². The van der Waals surface area contributed by atoms with Crippen LogP contribution in [0.25, 0.3) is 10.9 Å². The second kappa shape index (κ2) is 6.22. The van der Waals surface area contributed by atoms with E-state index in [1.807, 2.05) is 6.07 Å². The molecule has 0 atom stereocenters. The number of fused-ring (bicyclic) bond motifs is 1. The van der Waals surface area contributed by atoms with Gasteiger partial charge in [0.15, 0.2) is 0 Å². The van der Waals surface area contributed by atoms with Gasteiger partial charge < -0.3 is 10.3 Å². The van der Waals surface area contributed by atoms with Crippen LogP contribution in [0.1, 0.15) is 5.56 Å². The van der Waals surface area contributed by atoms with Gasteiger partial charge in [-0.1, -0.05) is 24.1 Å². The van der Waals surface area contributed by atoms with Crippen molar-refractivity contribution in [2.45, 2.75) is 6.42 Å². The highest BCUT2D eigenvalue weighted by atomic mass is 35.5. The fourth-order valence-electron chi connectivity index (χ4n) is 1.72. The summed E-state index contributed by atoms with van der Waals surface area (Å²) in [6, 6.07) is 8.34. The third-order valence-electron chi connectivity index (χ3n) is 2.47. The minimum Gasteiger partial charge on any atom is -0.361 e. The largest absolute Gasteiger partial charge is 0.361 e. The van der Waals surface area contributed by atoms with E-state index in [2.05, 4.69) is 40.6 Å². The van der Waals surface area contributed by atoms with Gasteiger partial charge in [-0.25, -0.2) is 0 Å². The fourth-order valence-corrected chi connectivity index (χ4v) is 1.72. The van der Waals surface area contributed by atoms with Crippen molar-refractivity contribution in [3.05, 3.63) is 36.0 Å². The lowest BCUT2D eigenvalue weighted by molar-refractivity contribution is 0.755. The molecule has 0 aliphatic heterocycles. The van der Waals surface area contributed by atoms with Crippen molar-refractivity contribution < 1.29 is 0 Å². The van der Waals surface area contributed by atoms with Crippen LogP contribution in [0.4, 0.5) is 0 Å². The summed E-state index contributed by atoms with van der Waals surface area (Å²) in [7, 11) is 0. The maximum absolute atomic E-state index is 5.16. The molecule has 0 saturated carbocycles. The Balaban J connectivity index is 0.00000128. The molecule has 0 spiro atoms. The molecule has 2 nitrogen and oxygen atoms in total. The molecule has 16 heavy (non-hydrogen) atoms. The first-order valence-electron chi connectivity index (χ1n) is 5.11. The minimum absolute atomic E-state index is 0. The van der Waals surface area contributed by atoms with E-state index >= 15 is 0 Å². The fraction of sp³-hybridized carbons (Fsp3) is 0.231. The Morgan fingerprint density at radius 2 is 2.12 bits per heavy atom. The smallest absolute Gasteiger partial charge is 0.0573 e. The lowest BCUT2D eigenvalue weighted by atomic mass is 10.1. The average Bonchev–Trinajstić information content (AvgIpc) is 2.68. The van der Waals surface area contributed by atoms with E-state index in [9.17, 15) is 0 Å². The van der Waals surface area contributed by atoms with Gasteiger partial charge in [0, 0.05) is 23.6 Å². The summed E-state index contributed by atoms with van der Waals surface area (Å²) in [5.74, 6) is 2.57. The Morgan fingerprint density at radius 1 is 1.31 bits per heavy atom. The average molecular weight is 235 g/mol. The van der Waals surface area contributed by atoms with Crippen LogP contribution < -0.4 is 5.32 Å². The maximum Gasteiger partial charge on any atom is 0.0573 e. The van der Waals surface area contributed by atoms with E-state index in [0.29, 0.717) is 6.54 Å². The summed E-state index contributed by atoms with van der Waals surface area (Å²) in [5, 5.41) is 4.49. The molecule has 0 unspecified atom stereocenters. The van der Waals surface area contributed by atoms with Crippen LogP contribution >= 0.6 is 12.4 Å². The monoisotopic (exact) mass is 234 g/mol. The lowest BCUT2D eigenvalue weighted by Crippen LogP contribution is -2.16. The van der Waals surface area contributed by atoms with Gasteiger partial charge in [-0.2, -0.15) is 0 Å². The highest BCUT2D eigenvalue weighted by Crippen LogP contribution is 2.17. The van der Waals surface area contributed by atoms with Gasteiger partial charge >= 0.3 is 0 Å². The van der Waals surface area contributed by atoms with Gasteiger partial charge in [-0.15, -0.1) is 18.8 Å². The number of H-pyrrole nitrogens is 1. The quantitative estimate of drug-likeness (QED) is 0.617. The maximum atomic E-state index is 5.16. The normalized spacial score (nSPS) is 9.69. The molecule has 84 valence electrons. The molecular weight excluding hydrogens is 220 g/mol. The molecule has 2 aromatic rings. The predicted molar refractivity (Wildman–Crippen MR) is 71.0 cm³/mol. The van der Waals surface area contributed by atoms with E-state index in [0.717, 1.165) is 13.0 Å². The Morgan fingerprint density at radius 3 is 2.94 bits per heavy atom. The number of benzene rings is 1. The zero-order valence-corrected chi connectivity index (χ0v) is 9.81. The van der Waals surface area contributed by atoms with Crippen molar-refractivity contribution in [3.63, 3.8) is 0 Å². The number of hydrogen-bond acceptors (Lipinski definition) is 1. The number of rotatable bonds is 4. The molecule has 1 aromatic carbocycles.